The van der Waals surface area contributed by atoms with Crippen LogP contribution in [0.5, 0.6) is 0 Å². The van der Waals surface area contributed by atoms with Crippen molar-refractivity contribution in [1.29, 1.82) is 0 Å². The number of aromatic nitrogens is 3. The molecular weight excluding hydrogens is 402 g/mol. The molecule has 8 heteroatoms. The lowest BCUT2D eigenvalue weighted by Crippen LogP contribution is -2.48. The molecule has 168 valence electrons. The molecule has 1 aliphatic rings. The summed E-state index contributed by atoms with van der Waals surface area (Å²) in [6.07, 6.45) is 4.36. The third-order valence-electron chi connectivity index (χ3n) is 5.66. The van der Waals surface area contributed by atoms with Gasteiger partial charge in [0.15, 0.2) is 0 Å². The smallest absolute Gasteiger partial charge is 0.255 e. The lowest BCUT2D eigenvalue weighted by atomic mass is 10.2. The van der Waals surface area contributed by atoms with Crippen molar-refractivity contribution in [2.24, 2.45) is 0 Å². The van der Waals surface area contributed by atoms with E-state index in [4.69, 9.17) is 9.97 Å². The topological polar surface area (TPSA) is 77.5 Å². The number of anilines is 1. The van der Waals surface area contributed by atoms with Crippen LogP contribution in [-0.4, -0.2) is 88.9 Å². The van der Waals surface area contributed by atoms with Crippen molar-refractivity contribution in [1.82, 2.24) is 29.7 Å². The van der Waals surface area contributed by atoms with Crippen LogP contribution in [0.1, 0.15) is 22.6 Å². The summed E-state index contributed by atoms with van der Waals surface area (Å²) in [5.41, 5.74) is 1.60. The fourth-order valence-corrected chi connectivity index (χ4v) is 3.91. The van der Waals surface area contributed by atoms with Gasteiger partial charge in [0.1, 0.15) is 11.6 Å². The minimum atomic E-state index is 0.0453. The number of hydrogen-bond acceptors (Lipinski definition) is 7. The first-order valence-corrected chi connectivity index (χ1v) is 11.2. The molecule has 0 aliphatic carbocycles. The molecule has 1 amide bonds. The summed E-state index contributed by atoms with van der Waals surface area (Å²) in [5.74, 6) is 1.75. The van der Waals surface area contributed by atoms with Crippen LogP contribution in [-0.2, 0) is 6.54 Å². The maximum Gasteiger partial charge on any atom is 0.255 e. The molecule has 0 atom stereocenters. The summed E-state index contributed by atoms with van der Waals surface area (Å²) < 4.78 is 0. The molecule has 1 saturated heterocycles. The zero-order valence-electron chi connectivity index (χ0n) is 18.9. The zero-order valence-corrected chi connectivity index (χ0v) is 18.9. The molecule has 0 radical (unpaired) electrons. The number of para-hydroxylation sites is 1. The average Bonchev–Trinajstić information content (AvgIpc) is 2.82. The van der Waals surface area contributed by atoms with Gasteiger partial charge in [-0.05, 0) is 51.3 Å². The Morgan fingerprint density at radius 3 is 2.62 bits per heavy atom. The fourth-order valence-electron chi connectivity index (χ4n) is 3.91. The Morgan fingerprint density at radius 1 is 1.06 bits per heavy atom. The van der Waals surface area contributed by atoms with E-state index in [0.29, 0.717) is 25.2 Å². The van der Waals surface area contributed by atoms with Gasteiger partial charge in [-0.1, -0.05) is 12.1 Å². The maximum absolute atomic E-state index is 12.7. The van der Waals surface area contributed by atoms with Gasteiger partial charge in [0, 0.05) is 50.5 Å². The van der Waals surface area contributed by atoms with Crippen molar-refractivity contribution >= 4 is 22.6 Å². The van der Waals surface area contributed by atoms with E-state index in [1.165, 1.54) is 0 Å². The molecule has 2 aromatic heterocycles. The number of hydrogen-bond donors (Lipinski definition) is 1. The number of benzene rings is 1. The number of carbonyl (C=O) groups is 1. The summed E-state index contributed by atoms with van der Waals surface area (Å²) in [6, 6.07) is 11.8. The monoisotopic (exact) mass is 433 g/mol. The molecule has 0 saturated carbocycles. The predicted molar refractivity (Wildman–Crippen MR) is 127 cm³/mol. The van der Waals surface area contributed by atoms with Crippen molar-refractivity contribution < 1.29 is 4.79 Å². The SMILES string of the molecule is CN(C)CCCNc1nc(CN2CCN(C(=O)c3cccnc3)CC2)nc2ccccc12. The van der Waals surface area contributed by atoms with Gasteiger partial charge < -0.3 is 15.1 Å². The Hall–Kier alpha value is -3.10. The molecule has 1 aliphatic heterocycles. The molecule has 1 fully saturated rings. The van der Waals surface area contributed by atoms with E-state index in [0.717, 1.165) is 55.1 Å². The van der Waals surface area contributed by atoms with Crippen molar-refractivity contribution in [3.05, 3.63) is 60.2 Å². The Labute approximate surface area is 189 Å². The summed E-state index contributed by atoms with van der Waals surface area (Å²) >= 11 is 0. The molecule has 1 N–H and O–H groups in total. The van der Waals surface area contributed by atoms with Crippen LogP contribution < -0.4 is 5.32 Å². The summed E-state index contributed by atoms with van der Waals surface area (Å²) in [6.45, 7) is 5.56. The van der Waals surface area contributed by atoms with Crippen LogP contribution in [0, 0.1) is 0 Å². The van der Waals surface area contributed by atoms with Gasteiger partial charge in [0.2, 0.25) is 0 Å². The number of nitrogens with zero attached hydrogens (tertiary/aromatic N) is 6. The number of piperazine rings is 1. The molecule has 4 rings (SSSR count). The highest BCUT2D eigenvalue weighted by atomic mass is 16.2. The first-order valence-electron chi connectivity index (χ1n) is 11.2. The van der Waals surface area contributed by atoms with E-state index in [9.17, 15) is 4.79 Å². The highest BCUT2D eigenvalue weighted by molar-refractivity contribution is 5.94. The highest BCUT2D eigenvalue weighted by Gasteiger charge is 2.23. The predicted octanol–water partition coefficient (Wildman–Crippen LogP) is 2.35. The van der Waals surface area contributed by atoms with Crippen LogP contribution in [0.25, 0.3) is 10.9 Å². The van der Waals surface area contributed by atoms with Crippen LogP contribution in [0.3, 0.4) is 0 Å². The van der Waals surface area contributed by atoms with E-state index in [-0.39, 0.29) is 5.91 Å². The zero-order chi connectivity index (χ0) is 22.3. The first-order chi connectivity index (χ1) is 15.6. The number of rotatable bonds is 8. The summed E-state index contributed by atoms with van der Waals surface area (Å²) in [4.78, 5) is 32.7. The Morgan fingerprint density at radius 2 is 1.88 bits per heavy atom. The van der Waals surface area contributed by atoms with E-state index in [1.807, 2.05) is 29.2 Å². The fraction of sp³-hybridized carbons (Fsp3) is 0.417. The Bertz CT molecular complexity index is 1030. The molecule has 0 unspecified atom stereocenters. The summed E-state index contributed by atoms with van der Waals surface area (Å²) in [7, 11) is 4.17. The standard InChI is InChI=1S/C24H31N7O/c1-29(2)12-6-11-26-23-20-8-3-4-9-21(20)27-22(28-23)18-30-13-15-31(16-14-30)24(32)19-7-5-10-25-17-19/h3-5,7-10,17H,6,11-16,18H2,1-2H3,(H,26,27,28). The van der Waals surface area contributed by atoms with Gasteiger partial charge in [-0.2, -0.15) is 0 Å². The van der Waals surface area contributed by atoms with E-state index in [2.05, 4.69) is 40.3 Å². The second kappa shape index (κ2) is 10.5. The van der Waals surface area contributed by atoms with E-state index < -0.39 is 0 Å². The van der Waals surface area contributed by atoms with Crippen molar-refractivity contribution in [2.75, 3.05) is 58.7 Å². The molecule has 32 heavy (non-hydrogen) atoms. The largest absolute Gasteiger partial charge is 0.369 e. The first kappa shape index (κ1) is 22.1. The molecule has 3 heterocycles. The van der Waals surface area contributed by atoms with Crippen molar-refractivity contribution in [2.45, 2.75) is 13.0 Å². The molecule has 0 bridgehead atoms. The number of amides is 1. The van der Waals surface area contributed by atoms with Crippen LogP contribution in [0.2, 0.25) is 0 Å². The Balaban J connectivity index is 1.39. The lowest BCUT2D eigenvalue weighted by Gasteiger charge is -2.34. The number of pyridine rings is 1. The van der Waals surface area contributed by atoms with E-state index >= 15 is 0 Å². The summed E-state index contributed by atoms with van der Waals surface area (Å²) in [5, 5.41) is 4.55. The highest BCUT2D eigenvalue weighted by Crippen LogP contribution is 2.21. The minimum absolute atomic E-state index is 0.0453. The molecule has 1 aromatic carbocycles. The third-order valence-corrected chi connectivity index (χ3v) is 5.66. The lowest BCUT2D eigenvalue weighted by molar-refractivity contribution is 0.0625. The van der Waals surface area contributed by atoms with Crippen LogP contribution >= 0.6 is 0 Å². The molecule has 0 spiro atoms. The van der Waals surface area contributed by atoms with Crippen molar-refractivity contribution in [3.8, 4) is 0 Å². The van der Waals surface area contributed by atoms with Gasteiger partial charge in [-0.15, -0.1) is 0 Å². The van der Waals surface area contributed by atoms with E-state index in [1.54, 1.807) is 18.5 Å². The Kier molecular flexibility index (Phi) is 7.24. The third kappa shape index (κ3) is 5.57. The second-order valence-corrected chi connectivity index (χ2v) is 8.40. The van der Waals surface area contributed by atoms with Gasteiger partial charge >= 0.3 is 0 Å². The average molecular weight is 434 g/mol. The van der Waals surface area contributed by atoms with Gasteiger partial charge in [0.05, 0.1) is 17.6 Å². The maximum atomic E-state index is 12.7. The number of carbonyl (C=O) groups excluding carboxylic acids is 1. The van der Waals surface area contributed by atoms with Gasteiger partial charge in [-0.3, -0.25) is 14.7 Å². The molecular formula is C24H31N7O. The van der Waals surface area contributed by atoms with Gasteiger partial charge in [0.25, 0.3) is 5.91 Å². The van der Waals surface area contributed by atoms with Crippen molar-refractivity contribution in [3.63, 3.8) is 0 Å². The number of nitrogens with one attached hydrogen (secondary N) is 1. The van der Waals surface area contributed by atoms with Crippen LogP contribution in [0.4, 0.5) is 5.82 Å². The molecule has 8 nitrogen and oxygen atoms in total. The van der Waals surface area contributed by atoms with Crippen LogP contribution in [0.15, 0.2) is 48.8 Å². The molecule has 3 aromatic rings. The number of fused-ring (bicyclic) bond motifs is 1. The minimum Gasteiger partial charge on any atom is -0.369 e. The van der Waals surface area contributed by atoms with Gasteiger partial charge in [-0.25, -0.2) is 9.97 Å². The normalized spacial score (nSPS) is 14.8. The quantitative estimate of drug-likeness (QED) is 0.547. The second-order valence-electron chi connectivity index (χ2n) is 8.40.